The average Bonchev–Trinajstić information content (AvgIpc) is 3.68. The Morgan fingerprint density at radius 3 is 2.78 bits per heavy atom. The maximum Gasteiger partial charge on any atom is 0.228 e. The van der Waals surface area contributed by atoms with Crippen LogP contribution in [0.3, 0.4) is 0 Å². The van der Waals surface area contributed by atoms with Gasteiger partial charge in [0.15, 0.2) is 0 Å². The lowest BCUT2D eigenvalue weighted by Gasteiger charge is -2.11. The molecule has 1 aliphatic carbocycles. The number of ether oxygens (including phenoxy) is 2. The zero-order valence-corrected chi connectivity index (χ0v) is 21.5. The summed E-state index contributed by atoms with van der Waals surface area (Å²) >= 11 is 5.87. The second-order valence-electron chi connectivity index (χ2n) is 8.80. The Morgan fingerprint density at radius 1 is 1.14 bits per heavy atom. The van der Waals surface area contributed by atoms with Crippen molar-refractivity contribution in [3.63, 3.8) is 0 Å². The lowest BCUT2D eigenvalue weighted by molar-refractivity contribution is -0.117. The van der Waals surface area contributed by atoms with Crippen LogP contribution >= 0.6 is 11.6 Å². The van der Waals surface area contributed by atoms with E-state index in [4.69, 9.17) is 26.2 Å². The van der Waals surface area contributed by atoms with Crippen LogP contribution in [0, 0.1) is 5.92 Å². The number of aromatic nitrogens is 5. The third kappa shape index (κ3) is 5.98. The number of rotatable bonds is 11. The zero-order chi connectivity index (χ0) is 25.8. The predicted molar refractivity (Wildman–Crippen MR) is 142 cm³/mol. The number of anilines is 2. The normalized spacial score (nSPS) is 13.1. The number of halogens is 1. The first-order valence-corrected chi connectivity index (χ1v) is 12.5. The first-order valence-electron chi connectivity index (χ1n) is 12.2. The molecule has 1 aliphatic rings. The van der Waals surface area contributed by atoms with Crippen molar-refractivity contribution >= 4 is 39.9 Å². The van der Waals surface area contributed by atoms with E-state index in [1.165, 1.54) is 0 Å². The highest BCUT2D eigenvalue weighted by atomic mass is 35.5. The Hall–Kier alpha value is -3.76. The van der Waals surface area contributed by atoms with Crippen LogP contribution in [-0.4, -0.2) is 57.5 Å². The van der Waals surface area contributed by atoms with Gasteiger partial charge in [0, 0.05) is 66.9 Å². The quantitative estimate of drug-likeness (QED) is 0.224. The van der Waals surface area contributed by atoms with Crippen molar-refractivity contribution in [2.24, 2.45) is 13.0 Å². The minimum Gasteiger partial charge on any atom is -0.475 e. The second-order valence-corrected chi connectivity index (χ2v) is 9.19. The summed E-state index contributed by atoms with van der Waals surface area (Å²) in [6.45, 7) is 1.33. The van der Waals surface area contributed by atoms with Gasteiger partial charge in [0.05, 0.1) is 18.9 Å². The van der Waals surface area contributed by atoms with Gasteiger partial charge < -0.3 is 20.1 Å². The fourth-order valence-corrected chi connectivity index (χ4v) is 4.16. The van der Waals surface area contributed by atoms with Crippen LogP contribution in [0.15, 0.2) is 42.7 Å². The minimum absolute atomic E-state index is 0.0191. The summed E-state index contributed by atoms with van der Waals surface area (Å²) < 4.78 is 13.1. The van der Waals surface area contributed by atoms with Gasteiger partial charge >= 0.3 is 0 Å². The third-order valence-corrected chi connectivity index (χ3v) is 6.34. The molecule has 5 rings (SSSR count). The van der Waals surface area contributed by atoms with Crippen molar-refractivity contribution in [2.45, 2.75) is 19.3 Å². The molecule has 1 saturated carbocycles. The molecule has 10 nitrogen and oxygen atoms in total. The number of hydrogen-bond donors (Lipinski definition) is 2. The summed E-state index contributed by atoms with van der Waals surface area (Å²) in [5.41, 5.74) is 2.68. The lowest BCUT2D eigenvalue weighted by atomic mass is 10.1. The number of aryl methyl sites for hydroxylation is 1. The van der Waals surface area contributed by atoms with Gasteiger partial charge in [-0.2, -0.15) is 5.10 Å². The summed E-state index contributed by atoms with van der Waals surface area (Å²) in [6, 6.07) is 9.17. The molecule has 4 aromatic heterocycles. The third-order valence-electron chi connectivity index (χ3n) is 6.13. The van der Waals surface area contributed by atoms with Gasteiger partial charge in [0.2, 0.25) is 11.8 Å². The number of nitrogens with zero attached hydrogens (tertiary/aromatic N) is 5. The second kappa shape index (κ2) is 11.1. The maximum absolute atomic E-state index is 12.3. The van der Waals surface area contributed by atoms with Gasteiger partial charge in [-0.05, 0) is 31.0 Å². The number of carbonyl (C=O) groups is 1. The van der Waals surface area contributed by atoms with E-state index >= 15 is 0 Å². The highest BCUT2D eigenvalue weighted by Crippen LogP contribution is 2.34. The topological polar surface area (TPSA) is 116 Å². The Balaban J connectivity index is 1.26. The SMILES string of the molecule is CNc1ncc(-c2cc(CCOCCOc3cccc(Cl)n3)n(C)n2)c2cc(NC(=O)C3CC3)ncc12. The van der Waals surface area contributed by atoms with E-state index in [9.17, 15) is 4.79 Å². The molecule has 0 bridgehead atoms. The summed E-state index contributed by atoms with van der Waals surface area (Å²) in [4.78, 5) is 25.3. The molecule has 1 amide bonds. The molecule has 2 N–H and O–H groups in total. The molecule has 192 valence electrons. The van der Waals surface area contributed by atoms with Crippen LogP contribution in [0.1, 0.15) is 18.5 Å². The molecule has 1 fully saturated rings. The molecule has 0 spiro atoms. The standard InChI is InChI=1S/C26H28ClN7O3/c1-28-25-20-15-29-23(32-26(35)16-6-7-16)13-18(20)19(14-30-25)21-12-17(34(2)33-21)8-9-36-10-11-37-24-5-3-4-22(27)31-24/h3-5,12-16H,6-11H2,1-2H3,(H,28,30)(H,29,32,35). The van der Waals surface area contributed by atoms with Gasteiger partial charge in [-0.1, -0.05) is 17.7 Å². The van der Waals surface area contributed by atoms with E-state index in [2.05, 4.69) is 25.6 Å². The van der Waals surface area contributed by atoms with Crippen molar-refractivity contribution in [1.29, 1.82) is 0 Å². The number of nitrogens with one attached hydrogen (secondary N) is 2. The van der Waals surface area contributed by atoms with Crippen molar-refractivity contribution in [2.75, 3.05) is 37.5 Å². The molecule has 0 aliphatic heterocycles. The van der Waals surface area contributed by atoms with Gasteiger partial charge in [-0.15, -0.1) is 0 Å². The molecule has 4 aromatic rings. The van der Waals surface area contributed by atoms with Crippen LogP contribution in [-0.2, 0) is 23.0 Å². The highest BCUT2D eigenvalue weighted by Gasteiger charge is 2.30. The Labute approximate surface area is 219 Å². The van der Waals surface area contributed by atoms with Gasteiger partial charge in [-0.3, -0.25) is 9.48 Å². The number of fused-ring (bicyclic) bond motifs is 1. The lowest BCUT2D eigenvalue weighted by Crippen LogP contribution is -2.14. The number of amides is 1. The molecule has 4 heterocycles. The van der Waals surface area contributed by atoms with E-state index in [0.717, 1.165) is 40.6 Å². The van der Waals surface area contributed by atoms with Gasteiger partial charge in [0.25, 0.3) is 0 Å². The summed E-state index contributed by atoms with van der Waals surface area (Å²) in [5, 5.41) is 12.9. The van der Waals surface area contributed by atoms with Gasteiger partial charge in [-0.25, -0.2) is 15.0 Å². The van der Waals surface area contributed by atoms with Crippen molar-refractivity contribution in [1.82, 2.24) is 24.7 Å². The minimum atomic E-state index is 0.0191. The highest BCUT2D eigenvalue weighted by molar-refractivity contribution is 6.29. The van der Waals surface area contributed by atoms with E-state index < -0.39 is 0 Å². The Kier molecular flexibility index (Phi) is 7.47. The van der Waals surface area contributed by atoms with Crippen LogP contribution < -0.4 is 15.4 Å². The molecule has 0 atom stereocenters. The molecule has 0 saturated heterocycles. The molecule has 0 aromatic carbocycles. The molecule has 0 unspecified atom stereocenters. The first-order chi connectivity index (χ1) is 18.0. The zero-order valence-electron chi connectivity index (χ0n) is 20.7. The van der Waals surface area contributed by atoms with E-state index in [1.54, 1.807) is 30.6 Å². The van der Waals surface area contributed by atoms with Crippen LogP contribution in [0.2, 0.25) is 5.15 Å². The van der Waals surface area contributed by atoms with E-state index in [-0.39, 0.29) is 11.8 Å². The molecule has 11 heteroatoms. The van der Waals surface area contributed by atoms with Gasteiger partial charge in [0.1, 0.15) is 23.4 Å². The van der Waals surface area contributed by atoms with Crippen molar-refractivity contribution in [3.05, 3.63) is 53.6 Å². The van der Waals surface area contributed by atoms with E-state index in [0.29, 0.717) is 48.9 Å². The average molecular weight is 522 g/mol. The number of carbonyl (C=O) groups excluding carboxylic acids is 1. The fourth-order valence-electron chi connectivity index (χ4n) is 4.01. The summed E-state index contributed by atoms with van der Waals surface area (Å²) in [7, 11) is 3.73. The Morgan fingerprint density at radius 2 is 2.00 bits per heavy atom. The van der Waals surface area contributed by atoms with Crippen LogP contribution in [0.5, 0.6) is 5.88 Å². The van der Waals surface area contributed by atoms with E-state index in [1.807, 2.05) is 30.9 Å². The summed E-state index contributed by atoms with van der Waals surface area (Å²) in [6.07, 6.45) is 6.09. The molecular formula is C26H28ClN7O3. The van der Waals surface area contributed by atoms with Crippen molar-refractivity contribution < 1.29 is 14.3 Å². The number of pyridine rings is 3. The number of hydrogen-bond acceptors (Lipinski definition) is 8. The van der Waals surface area contributed by atoms with Crippen molar-refractivity contribution in [3.8, 4) is 17.1 Å². The predicted octanol–water partition coefficient (Wildman–Crippen LogP) is 4.11. The smallest absolute Gasteiger partial charge is 0.228 e. The molecule has 37 heavy (non-hydrogen) atoms. The van der Waals surface area contributed by atoms with Crippen LogP contribution in [0.25, 0.3) is 22.0 Å². The maximum atomic E-state index is 12.3. The van der Waals surface area contributed by atoms with Crippen LogP contribution in [0.4, 0.5) is 11.6 Å². The summed E-state index contributed by atoms with van der Waals surface area (Å²) in [5.74, 6) is 1.83. The largest absolute Gasteiger partial charge is 0.475 e. The molecular weight excluding hydrogens is 494 g/mol. The monoisotopic (exact) mass is 521 g/mol. The fraction of sp³-hybridized carbons (Fsp3) is 0.346. The molecule has 0 radical (unpaired) electrons. The first kappa shape index (κ1) is 24.9. The Bertz CT molecular complexity index is 1420.